The van der Waals surface area contributed by atoms with E-state index in [1.807, 2.05) is 12.1 Å². The predicted molar refractivity (Wildman–Crippen MR) is 56.7 cm³/mol. The topological polar surface area (TPSA) is 61.5 Å². The summed E-state index contributed by atoms with van der Waals surface area (Å²) in [6.07, 6.45) is 0.424. The number of hydrogen-bond donors (Lipinski definition) is 1. The van der Waals surface area contributed by atoms with Gasteiger partial charge in [-0.2, -0.15) is 0 Å². The summed E-state index contributed by atoms with van der Waals surface area (Å²) in [6, 6.07) is 6.47. The quantitative estimate of drug-likeness (QED) is 0.744. The molecule has 1 rings (SSSR count). The van der Waals surface area contributed by atoms with Crippen LogP contribution in [0.15, 0.2) is 24.3 Å². The van der Waals surface area contributed by atoms with Gasteiger partial charge in [0, 0.05) is 0 Å². The molecule has 1 aromatic rings. The van der Waals surface area contributed by atoms with Gasteiger partial charge in [-0.05, 0) is 24.1 Å². The summed E-state index contributed by atoms with van der Waals surface area (Å²) < 4.78 is 16.4. The molecule has 4 nitrogen and oxygen atoms in total. The molecule has 0 unspecified atom stereocenters. The summed E-state index contributed by atoms with van der Waals surface area (Å²) in [5.41, 5.74) is 6.55. The standard InChI is InChI=1S/C11H15NO3/c1-14-9-5-3-8(4-6-9)7-10(12)11(13)15-2/h3-6,10H,7,12H2,1-2H3/t10-/m0/s1/i1D. The highest BCUT2D eigenvalue weighted by molar-refractivity contribution is 5.75. The molecule has 0 saturated heterocycles. The fraction of sp³-hybridized carbons (Fsp3) is 0.364. The summed E-state index contributed by atoms with van der Waals surface area (Å²) in [7, 11) is 1.20. The van der Waals surface area contributed by atoms with Crippen LogP contribution in [0.4, 0.5) is 0 Å². The molecule has 0 saturated carbocycles. The number of hydrogen-bond acceptors (Lipinski definition) is 4. The second kappa shape index (κ2) is 5.36. The maximum Gasteiger partial charge on any atom is 0.322 e. The fourth-order valence-electron chi connectivity index (χ4n) is 1.21. The SMILES string of the molecule is [2H]COc1ccc(C[C@H](N)C(=O)OC)cc1. The van der Waals surface area contributed by atoms with Crippen molar-refractivity contribution in [3.8, 4) is 5.75 Å². The first-order valence-corrected chi connectivity index (χ1v) is 4.51. The average Bonchev–Trinajstić information content (AvgIpc) is 2.31. The normalized spacial score (nSPS) is 12.8. The minimum Gasteiger partial charge on any atom is -0.497 e. The summed E-state index contributed by atoms with van der Waals surface area (Å²) in [4.78, 5) is 11.1. The molecule has 0 aliphatic rings. The van der Waals surface area contributed by atoms with Gasteiger partial charge in [0.1, 0.15) is 11.8 Å². The number of benzene rings is 1. The Morgan fingerprint density at radius 2 is 2.20 bits per heavy atom. The van der Waals surface area contributed by atoms with E-state index in [0.717, 1.165) is 5.56 Å². The number of carbonyl (C=O) groups is 1. The second-order valence-electron chi connectivity index (χ2n) is 3.12. The fourth-order valence-corrected chi connectivity index (χ4v) is 1.21. The van der Waals surface area contributed by atoms with Crippen LogP contribution in [0.1, 0.15) is 6.93 Å². The van der Waals surface area contributed by atoms with Crippen LogP contribution < -0.4 is 10.5 Å². The van der Waals surface area contributed by atoms with Crippen molar-refractivity contribution in [3.63, 3.8) is 0 Å². The molecule has 15 heavy (non-hydrogen) atoms. The first-order valence-electron chi connectivity index (χ1n) is 5.22. The number of esters is 1. The zero-order valence-electron chi connectivity index (χ0n) is 9.60. The first kappa shape index (κ1) is 9.98. The summed E-state index contributed by atoms with van der Waals surface area (Å²) in [5.74, 6) is 0.205. The van der Waals surface area contributed by atoms with Crippen LogP contribution >= 0.6 is 0 Å². The van der Waals surface area contributed by atoms with E-state index in [1.54, 1.807) is 12.1 Å². The van der Waals surface area contributed by atoms with Crippen molar-refractivity contribution in [2.75, 3.05) is 14.2 Å². The molecule has 0 aromatic heterocycles. The Hall–Kier alpha value is -1.55. The van der Waals surface area contributed by atoms with E-state index in [2.05, 4.69) is 4.74 Å². The van der Waals surface area contributed by atoms with Gasteiger partial charge < -0.3 is 15.2 Å². The van der Waals surface area contributed by atoms with E-state index >= 15 is 0 Å². The molecular formula is C11H15NO3. The minimum absolute atomic E-state index is 0.110. The average molecular weight is 210 g/mol. The first-order chi connectivity index (χ1) is 7.67. The van der Waals surface area contributed by atoms with Crippen LogP contribution in [0.2, 0.25) is 0 Å². The molecule has 0 amide bonds. The highest BCUT2D eigenvalue weighted by atomic mass is 16.5. The van der Waals surface area contributed by atoms with E-state index in [4.69, 9.17) is 11.8 Å². The lowest BCUT2D eigenvalue weighted by atomic mass is 10.1. The highest BCUT2D eigenvalue weighted by Gasteiger charge is 2.13. The lowest BCUT2D eigenvalue weighted by molar-refractivity contribution is -0.142. The van der Waals surface area contributed by atoms with Crippen LogP contribution in [-0.2, 0) is 16.0 Å². The molecule has 1 atom stereocenters. The Kier molecular flexibility index (Phi) is 3.57. The van der Waals surface area contributed by atoms with Crippen LogP contribution in [0.3, 0.4) is 0 Å². The Bertz CT molecular complexity index is 340. The molecule has 4 heteroatoms. The number of methoxy groups -OCH3 is 2. The summed E-state index contributed by atoms with van der Waals surface area (Å²) in [6.45, 7) is 0. The third-order valence-electron chi connectivity index (χ3n) is 2.05. The molecule has 0 spiro atoms. The van der Waals surface area contributed by atoms with Gasteiger partial charge in [-0.15, -0.1) is 0 Å². The summed E-state index contributed by atoms with van der Waals surface area (Å²) >= 11 is 0. The van der Waals surface area contributed by atoms with Crippen molar-refractivity contribution in [2.45, 2.75) is 12.5 Å². The molecule has 0 bridgehead atoms. The Morgan fingerprint density at radius 1 is 1.53 bits per heavy atom. The van der Waals surface area contributed by atoms with Crippen LogP contribution in [0.25, 0.3) is 0 Å². The zero-order valence-corrected chi connectivity index (χ0v) is 8.60. The van der Waals surface area contributed by atoms with Crippen molar-refractivity contribution in [2.24, 2.45) is 5.73 Å². The van der Waals surface area contributed by atoms with Crippen LogP contribution in [0, 0.1) is 0 Å². The lowest BCUT2D eigenvalue weighted by Crippen LogP contribution is -2.33. The molecule has 0 heterocycles. The van der Waals surface area contributed by atoms with Crippen LogP contribution in [-0.4, -0.2) is 26.2 Å². The second-order valence-corrected chi connectivity index (χ2v) is 3.12. The zero-order chi connectivity index (χ0) is 12.0. The van der Waals surface area contributed by atoms with Crippen molar-refractivity contribution in [1.82, 2.24) is 0 Å². The molecule has 2 N–H and O–H groups in total. The number of nitrogens with two attached hydrogens (primary N) is 1. The van der Waals surface area contributed by atoms with Gasteiger partial charge in [-0.3, -0.25) is 4.79 Å². The van der Waals surface area contributed by atoms with Gasteiger partial charge in [0.25, 0.3) is 0 Å². The monoisotopic (exact) mass is 210 g/mol. The van der Waals surface area contributed by atoms with Gasteiger partial charge in [-0.25, -0.2) is 0 Å². The van der Waals surface area contributed by atoms with Gasteiger partial charge >= 0.3 is 5.97 Å². The van der Waals surface area contributed by atoms with Crippen molar-refractivity contribution >= 4 is 5.97 Å². The van der Waals surface area contributed by atoms with Crippen molar-refractivity contribution in [1.29, 1.82) is 0 Å². The molecule has 0 aliphatic carbocycles. The predicted octanol–water partition coefficient (Wildman–Crippen LogP) is 0.738. The van der Waals surface area contributed by atoms with Gasteiger partial charge in [0.05, 0.1) is 15.6 Å². The number of rotatable bonds is 4. The van der Waals surface area contributed by atoms with E-state index in [0.29, 0.717) is 12.2 Å². The smallest absolute Gasteiger partial charge is 0.322 e. The van der Waals surface area contributed by atoms with Crippen molar-refractivity contribution < 1.29 is 15.6 Å². The molecular weight excluding hydrogens is 194 g/mol. The van der Waals surface area contributed by atoms with Gasteiger partial charge in [0.2, 0.25) is 0 Å². The lowest BCUT2D eigenvalue weighted by Gasteiger charge is -2.09. The minimum atomic E-state index is -0.645. The van der Waals surface area contributed by atoms with E-state index in [1.165, 1.54) is 7.11 Å². The Balaban J connectivity index is 2.58. The molecule has 0 fully saturated rings. The Morgan fingerprint density at radius 3 is 2.73 bits per heavy atom. The molecule has 1 aromatic carbocycles. The van der Waals surface area contributed by atoms with Crippen molar-refractivity contribution in [3.05, 3.63) is 29.8 Å². The summed E-state index contributed by atoms with van der Waals surface area (Å²) in [5, 5.41) is 0. The van der Waals surface area contributed by atoms with E-state index in [9.17, 15) is 4.79 Å². The Labute approximate surface area is 90.4 Å². The third kappa shape index (κ3) is 3.25. The molecule has 0 radical (unpaired) electrons. The van der Waals surface area contributed by atoms with E-state index in [-0.39, 0.29) is 7.09 Å². The molecule has 82 valence electrons. The third-order valence-corrected chi connectivity index (χ3v) is 2.05. The maximum absolute atomic E-state index is 11.1. The maximum atomic E-state index is 11.1. The van der Waals surface area contributed by atoms with Gasteiger partial charge in [-0.1, -0.05) is 12.1 Å². The molecule has 0 aliphatic heterocycles. The number of carbonyl (C=O) groups excluding carboxylic acids is 1. The largest absolute Gasteiger partial charge is 0.497 e. The highest BCUT2D eigenvalue weighted by Crippen LogP contribution is 2.12. The van der Waals surface area contributed by atoms with Crippen LogP contribution in [0.5, 0.6) is 5.75 Å². The van der Waals surface area contributed by atoms with Gasteiger partial charge in [0.15, 0.2) is 0 Å². The van der Waals surface area contributed by atoms with E-state index < -0.39 is 12.0 Å². The number of ether oxygens (including phenoxy) is 2.